The molecular formula is C60H36F6N4. The molecular weight excluding hydrogens is 891 g/mol. The molecule has 0 fully saturated rings. The van der Waals surface area contributed by atoms with E-state index in [2.05, 4.69) is 9.97 Å². The minimum Gasteiger partial charge on any atom is -0.309 e. The van der Waals surface area contributed by atoms with Gasteiger partial charge in [0.25, 0.3) is 0 Å². The van der Waals surface area contributed by atoms with Crippen molar-refractivity contribution in [3.63, 3.8) is 0 Å². The molecule has 0 N–H and O–H groups in total. The van der Waals surface area contributed by atoms with Crippen LogP contribution in [0.1, 0.15) is 11.1 Å². The van der Waals surface area contributed by atoms with E-state index in [4.69, 9.17) is 0 Å². The van der Waals surface area contributed by atoms with Crippen LogP contribution in [0.5, 0.6) is 0 Å². The van der Waals surface area contributed by atoms with Crippen molar-refractivity contribution in [2.75, 3.05) is 0 Å². The lowest BCUT2D eigenvalue weighted by molar-refractivity contribution is -0.138. The first-order chi connectivity index (χ1) is 34.0. The summed E-state index contributed by atoms with van der Waals surface area (Å²) >= 11 is 0. The second kappa shape index (κ2) is 16.5. The number of hydrogen-bond acceptors (Lipinski definition) is 2. The molecule has 0 amide bonds. The van der Waals surface area contributed by atoms with E-state index in [0.29, 0.717) is 32.8 Å². The predicted octanol–water partition coefficient (Wildman–Crippen LogP) is 17.0. The molecule has 0 saturated heterocycles. The van der Waals surface area contributed by atoms with Crippen molar-refractivity contribution in [1.29, 1.82) is 0 Å². The minimum atomic E-state index is -4.93. The molecule has 4 nitrogen and oxygen atoms in total. The maximum atomic E-state index is 16.3. The number of fused-ring (bicyclic) bond motifs is 6. The number of alkyl halides is 6. The maximum Gasteiger partial charge on any atom is 0.418 e. The predicted molar refractivity (Wildman–Crippen MR) is 268 cm³/mol. The largest absolute Gasteiger partial charge is 0.418 e. The van der Waals surface area contributed by atoms with Gasteiger partial charge in [0.2, 0.25) is 0 Å². The highest BCUT2D eigenvalue weighted by molar-refractivity contribution is 6.12. The van der Waals surface area contributed by atoms with Crippen LogP contribution >= 0.6 is 0 Å². The summed E-state index contributed by atoms with van der Waals surface area (Å²) in [5.41, 5.74) is 6.76. The topological polar surface area (TPSA) is 35.6 Å². The number of aromatic nitrogens is 4. The molecule has 8 aromatic carbocycles. The van der Waals surface area contributed by atoms with Crippen molar-refractivity contribution >= 4 is 43.6 Å². The monoisotopic (exact) mass is 926 g/mol. The first-order valence-corrected chi connectivity index (χ1v) is 22.5. The summed E-state index contributed by atoms with van der Waals surface area (Å²) in [6.07, 6.45) is -6.24. The van der Waals surface area contributed by atoms with Gasteiger partial charge in [-0.1, -0.05) is 133 Å². The smallest absolute Gasteiger partial charge is 0.309 e. The van der Waals surface area contributed by atoms with E-state index in [-0.39, 0.29) is 22.5 Å². The molecule has 338 valence electrons. The molecule has 0 aliphatic rings. The Morgan fingerprint density at radius 3 is 1.29 bits per heavy atom. The zero-order valence-electron chi connectivity index (χ0n) is 36.8. The average molecular weight is 927 g/mol. The van der Waals surface area contributed by atoms with Gasteiger partial charge < -0.3 is 9.13 Å². The van der Waals surface area contributed by atoms with Gasteiger partial charge in [-0.3, -0.25) is 9.97 Å². The SMILES string of the molecule is FC(F)(F)c1cccc(-c2cc(-n3c4ccccc4c4ccc(-c5ccnc(-c6ccccc6)c5)cc43)c(C(F)(F)F)cc2-n2c3ccccc3c3ccc(-c4ccnc(-c5ccccc5)c4)cc32)c1. The molecule has 0 saturated carbocycles. The van der Waals surface area contributed by atoms with Crippen LogP contribution in [0.3, 0.4) is 0 Å². The fourth-order valence-corrected chi connectivity index (χ4v) is 9.84. The highest BCUT2D eigenvalue weighted by atomic mass is 19.4. The van der Waals surface area contributed by atoms with Crippen molar-refractivity contribution in [3.8, 4) is 67.3 Å². The molecule has 4 heterocycles. The molecule has 0 unspecified atom stereocenters. The fraction of sp³-hybridized carbons (Fsp3) is 0.0333. The van der Waals surface area contributed by atoms with Gasteiger partial charge in [-0.15, -0.1) is 0 Å². The summed E-state index contributed by atoms with van der Waals surface area (Å²) in [6.45, 7) is 0. The van der Waals surface area contributed by atoms with E-state index < -0.39 is 23.5 Å². The third-order valence-electron chi connectivity index (χ3n) is 13.1. The summed E-state index contributed by atoms with van der Waals surface area (Å²) in [7, 11) is 0. The van der Waals surface area contributed by atoms with Gasteiger partial charge in [0.1, 0.15) is 0 Å². The van der Waals surface area contributed by atoms with Gasteiger partial charge >= 0.3 is 12.4 Å². The molecule has 12 rings (SSSR count). The van der Waals surface area contributed by atoms with Crippen LogP contribution in [0.15, 0.2) is 219 Å². The number of pyridine rings is 2. The summed E-state index contributed by atoms with van der Waals surface area (Å²) in [6, 6.07) is 60.5. The molecule has 12 aromatic rings. The quantitative estimate of drug-likeness (QED) is 0.149. The number of hydrogen-bond donors (Lipinski definition) is 0. The zero-order valence-corrected chi connectivity index (χ0v) is 36.8. The van der Waals surface area contributed by atoms with Crippen molar-refractivity contribution in [2.45, 2.75) is 12.4 Å². The Morgan fingerprint density at radius 2 is 0.771 bits per heavy atom. The Bertz CT molecular complexity index is 3980. The van der Waals surface area contributed by atoms with Gasteiger partial charge in [0, 0.05) is 50.6 Å². The Morgan fingerprint density at radius 1 is 0.314 bits per heavy atom. The van der Waals surface area contributed by atoms with E-state index in [1.165, 1.54) is 18.2 Å². The first kappa shape index (κ1) is 42.6. The zero-order chi connectivity index (χ0) is 47.7. The van der Waals surface area contributed by atoms with Crippen molar-refractivity contribution in [3.05, 3.63) is 230 Å². The van der Waals surface area contributed by atoms with Gasteiger partial charge in [0.15, 0.2) is 0 Å². The lowest BCUT2D eigenvalue weighted by Crippen LogP contribution is -2.13. The van der Waals surface area contributed by atoms with E-state index in [1.807, 2.05) is 152 Å². The molecule has 0 aliphatic carbocycles. The third-order valence-corrected chi connectivity index (χ3v) is 13.1. The Balaban J connectivity index is 1.15. The van der Waals surface area contributed by atoms with E-state index in [9.17, 15) is 13.2 Å². The highest BCUT2D eigenvalue weighted by Crippen LogP contribution is 2.46. The van der Waals surface area contributed by atoms with E-state index in [0.717, 1.165) is 73.7 Å². The van der Waals surface area contributed by atoms with Crippen molar-refractivity contribution in [1.82, 2.24) is 19.1 Å². The molecule has 0 radical (unpaired) electrons. The Labute approximate surface area is 397 Å². The standard InChI is InChI=1S/C60H36F6N4/c61-59(62,63)44-17-11-16-43(30-44)49-35-58(70-54-21-10-8-19-46(54)48-25-23-40(34-56(48)70)42-27-29-68-52(32-42)38-14-5-2-6-15-38)50(60(64,65)66)36-57(49)69-53-20-9-7-18-45(53)47-24-22-39(33-55(47)69)41-26-28-67-51(31-41)37-12-3-1-4-13-37/h1-36H. The second-order valence-electron chi connectivity index (χ2n) is 17.2. The van der Waals surface area contributed by atoms with E-state index in [1.54, 1.807) is 39.7 Å². The van der Waals surface area contributed by atoms with Crippen molar-refractivity contribution in [2.24, 2.45) is 0 Å². The first-order valence-electron chi connectivity index (χ1n) is 22.5. The number of nitrogens with zero attached hydrogens (tertiary/aromatic N) is 4. The molecule has 0 atom stereocenters. The van der Waals surface area contributed by atoms with E-state index >= 15 is 13.2 Å². The Kier molecular flexibility index (Phi) is 10.0. The number of rotatable bonds is 7. The van der Waals surface area contributed by atoms with Gasteiger partial charge in [-0.05, 0) is 101 Å². The second-order valence-corrected chi connectivity index (χ2v) is 17.2. The summed E-state index contributed by atoms with van der Waals surface area (Å²) in [5, 5.41) is 2.93. The average Bonchev–Trinajstić information content (AvgIpc) is 3.90. The summed E-state index contributed by atoms with van der Waals surface area (Å²) in [4.78, 5) is 9.20. The van der Waals surface area contributed by atoms with Gasteiger partial charge in [0.05, 0.1) is 56.0 Å². The number of halogens is 6. The molecule has 0 spiro atoms. The fourth-order valence-electron chi connectivity index (χ4n) is 9.84. The third kappa shape index (κ3) is 7.36. The molecule has 0 aliphatic heterocycles. The number of para-hydroxylation sites is 2. The maximum absolute atomic E-state index is 16.3. The van der Waals surface area contributed by atoms with Crippen LogP contribution in [0.4, 0.5) is 26.3 Å². The molecule has 0 bridgehead atoms. The van der Waals surface area contributed by atoms with Crippen LogP contribution in [0.2, 0.25) is 0 Å². The van der Waals surface area contributed by atoms with Crippen LogP contribution in [0.25, 0.3) is 111 Å². The lowest BCUT2D eigenvalue weighted by atomic mass is 9.96. The lowest BCUT2D eigenvalue weighted by Gasteiger charge is -2.22. The van der Waals surface area contributed by atoms with Gasteiger partial charge in [-0.2, -0.15) is 26.3 Å². The molecule has 10 heteroatoms. The highest BCUT2D eigenvalue weighted by Gasteiger charge is 2.37. The van der Waals surface area contributed by atoms with Crippen LogP contribution < -0.4 is 0 Å². The number of benzene rings is 8. The van der Waals surface area contributed by atoms with Crippen LogP contribution in [-0.4, -0.2) is 19.1 Å². The van der Waals surface area contributed by atoms with Gasteiger partial charge in [-0.25, -0.2) is 0 Å². The summed E-state index contributed by atoms with van der Waals surface area (Å²) in [5.74, 6) is 0. The van der Waals surface area contributed by atoms with Crippen molar-refractivity contribution < 1.29 is 26.3 Å². The molecule has 70 heavy (non-hydrogen) atoms. The normalized spacial score (nSPS) is 12.1. The Hall–Kier alpha value is -8.76. The van der Waals surface area contributed by atoms with Crippen LogP contribution in [-0.2, 0) is 12.4 Å². The minimum absolute atomic E-state index is 0.0603. The summed E-state index contributed by atoms with van der Waals surface area (Å²) < 4.78 is 96.0. The van der Waals surface area contributed by atoms with Crippen LogP contribution in [0, 0.1) is 0 Å². The molecule has 4 aromatic heterocycles.